The van der Waals surface area contributed by atoms with E-state index in [1.807, 2.05) is 29.2 Å². The summed E-state index contributed by atoms with van der Waals surface area (Å²) in [6.45, 7) is 1.09. The molecule has 1 fully saturated rings. The standard InChI is InChI=1S/C16H25N3O2/c1-21-15-9-5-6-13(12-15)18-16(20)19(11-10-17)14-7-3-2-4-8-14/h5-6,9,12,14H,2-4,7-8,10-11,17H2,1H3,(H,18,20). The van der Waals surface area contributed by atoms with Gasteiger partial charge in [0.15, 0.2) is 0 Å². The minimum Gasteiger partial charge on any atom is -0.497 e. The summed E-state index contributed by atoms with van der Waals surface area (Å²) in [5.74, 6) is 0.732. The zero-order chi connectivity index (χ0) is 15.1. The van der Waals surface area contributed by atoms with Crippen LogP contribution in [-0.4, -0.2) is 37.2 Å². The number of benzene rings is 1. The van der Waals surface area contributed by atoms with Crippen molar-refractivity contribution in [3.05, 3.63) is 24.3 Å². The number of urea groups is 1. The van der Waals surface area contributed by atoms with Gasteiger partial charge < -0.3 is 20.7 Å². The molecule has 1 aromatic rings. The van der Waals surface area contributed by atoms with Gasteiger partial charge in [0.1, 0.15) is 5.75 Å². The van der Waals surface area contributed by atoms with Crippen molar-refractivity contribution >= 4 is 11.7 Å². The fourth-order valence-corrected chi connectivity index (χ4v) is 2.88. The highest BCUT2D eigenvalue weighted by molar-refractivity contribution is 5.89. The van der Waals surface area contributed by atoms with E-state index in [9.17, 15) is 4.79 Å². The Balaban J connectivity index is 2.03. The fourth-order valence-electron chi connectivity index (χ4n) is 2.88. The zero-order valence-electron chi connectivity index (χ0n) is 12.7. The number of ether oxygens (including phenoxy) is 1. The quantitative estimate of drug-likeness (QED) is 0.876. The monoisotopic (exact) mass is 291 g/mol. The zero-order valence-corrected chi connectivity index (χ0v) is 12.7. The predicted molar refractivity (Wildman–Crippen MR) is 84.6 cm³/mol. The average Bonchev–Trinajstić information content (AvgIpc) is 2.53. The average molecular weight is 291 g/mol. The smallest absolute Gasteiger partial charge is 0.322 e. The van der Waals surface area contributed by atoms with Crippen LogP contribution in [0.3, 0.4) is 0 Å². The van der Waals surface area contributed by atoms with Crippen LogP contribution in [0.1, 0.15) is 32.1 Å². The minimum absolute atomic E-state index is 0.0689. The van der Waals surface area contributed by atoms with Crippen molar-refractivity contribution < 1.29 is 9.53 Å². The van der Waals surface area contributed by atoms with Crippen LogP contribution in [-0.2, 0) is 0 Å². The van der Waals surface area contributed by atoms with E-state index >= 15 is 0 Å². The van der Waals surface area contributed by atoms with Crippen molar-refractivity contribution in [2.24, 2.45) is 5.73 Å². The molecule has 2 amide bonds. The van der Waals surface area contributed by atoms with Gasteiger partial charge in [-0.1, -0.05) is 25.3 Å². The molecule has 116 valence electrons. The molecule has 5 heteroatoms. The lowest BCUT2D eigenvalue weighted by atomic mass is 9.94. The highest BCUT2D eigenvalue weighted by Gasteiger charge is 2.24. The second-order valence-corrected chi connectivity index (χ2v) is 5.44. The van der Waals surface area contributed by atoms with Crippen molar-refractivity contribution in [3.63, 3.8) is 0 Å². The molecule has 1 saturated carbocycles. The normalized spacial score (nSPS) is 15.5. The Hall–Kier alpha value is -1.75. The third-order valence-corrected chi connectivity index (χ3v) is 3.97. The molecule has 0 radical (unpaired) electrons. The molecule has 2 rings (SSSR count). The molecule has 1 aliphatic rings. The number of nitrogens with zero attached hydrogens (tertiary/aromatic N) is 1. The van der Waals surface area contributed by atoms with Crippen molar-refractivity contribution in [2.45, 2.75) is 38.1 Å². The molecule has 0 heterocycles. The molecule has 0 atom stereocenters. The van der Waals surface area contributed by atoms with E-state index in [-0.39, 0.29) is 6.03 Å². The number of hydrogen-bond donors (Lipinski definition) is 2. The molecule has 0 aliphatic heterocycles. The highest BCUT2D eigenvalue weighted by atomic mass is 16.5. The second-order valence-electron chi connectivity index (χ2n) is 5.44. The Kier molecular flexibility index (Phi) is 5.87. The van der Waals surface area contributed by atoms with Crippen molar-refractivity contribution in [2.75, 3.05) is 25.5 Å². The van der Waals surface area contributed by atoms with E-state index in [0.717, 1.165) is 24.3 Å². The summed E-state index contributed by atoms with van der Waals surface area (Å²) in [4.78, 5) is 14.4. The minimum atomic E-state index is -0.0689. The molecule has 21 heavy (non-hydrogen) atoms. The summed E-state index contributed by atoms with van der Waals surface area (Å²) in [7, 11) is 1.61. The highest BCUT2D eigenvalue weighted by Crippen LogP contribution is 2.23. The largest absolute Gasteiger partial charge is 0.497 e. The summed E-state index contributed by atoms with van der Waals surface area (Å²) >= 11 is 0. The summed E-state index contributed by atoms with van der Waals surface area (Å²) < 4.78 is 5.18. The molecule has 0 saturated heterocycles. The SMILES string of the molecule is COc1cccc(NC(=O)N(CCN)C2CCCCC2)c1. The van der Waals surface area contributed by atoms with Crippen LogP contribution in [0.2, 0.25) is 0 Å². The van der Waals surface area contributed by atoms with Crippen LogP contribution in [0.5, 0.6) is 5.75 Å². The molecular weight excluding hydrogens is 266 g/mol. The van der Waals surface area contributed by atoms with Crippen LogP contribution in [0, 0.1) is 0 Å². The van der Waals surface area contributed by atoms with Crippen molar-refractivity contribution in [3.8, 4) is 5.75 Å². The Morgan fingerprint density at radius 3 is 2.81 bits per heavy atom. The van der Waals surface area contributed by atoms with Gasteiger partial charge in [-0.15, -0.1) is 0 Å². The van der Waals surface area contributed by atoms with E-state index < -0.39 is 0 Å². The molecule has 0 aromatic heterocycles. The number of nitrogens with one attached hydrogen (secondary N) is 1. The first-order valence-electron chi connectivity index (χ1n) is 7.66. The maximum Gasteiger partial charge on any atom is 0.322 e. The topological polar surface area (TPSA) is 67.6 Å². The van der Waals surface area contributed by atoms with Gasteiger partial charge in [0.2, 0.25) is 0 Å². The molecule has 0 spiro atoms. The second kappa shape index (κ2) is 7.88. The Morgan fingerprint density at radius 1 is 1.38 bits per heavy atom. The molecule has 0 unspecified atom stereocenters. The summed E-state index contributed by atoms with van der Waals surface area (Å²) in [6.07, 6.45) is 5.80. The first kappa shape index (κ1) is 15.6. The van der Waals surface area contributed by atoms with Crippen LogP contribution >= 0.6 is 0 Å². The molecule has 3 N–H and O–H groups in total. The van der Waals surface area contributed by atoms with Gasteiger partial charge in [-0.25, -0.2) is 4.79 Å². The first-order valence-corrected chi connectivity index (χ1v) is 7.66. The van der Waals surface area contributed by atoms with E-state index in [4.69, 9.17) is 10.5 Å². The van der Waals surface area contributed by atoms with Crippen molar-refractivity contribution in [1.29, 1.82) is 0 Å². The van der Waals surface area contributed by atoms with Gasteiger partial charge in [-0.05, 0) is 25.0 Å². The van der Waals surface area contributed by atoms with Crippen LogP contribution in [0.4, 0.5) is 10.5 Å². The third kappa shape index (κ3) is 4.36. The lowest BCUT2D eigenvalue weighted by Gasteiger charge is -2.34. The number of carbonyl (C=O) groups is 1. The number of amides is 2. The van der Waals surface area contributed by atoms with Crippen LogP contribution in [0.25, 0.3) is 0 Å². The molecule has 1 aliphatic carbocycles. The van der Waals surface area contributed by atoms with Crippen LogP contribution < -0.4 is 15.8 Å². The van der Waals surface area contributed by atoms with Crippen molar-refractivity contribution in [1.82, 2.24) is 4.90 Å². The van der Waals surface area contributed by atoms with Gasteiger partial charge in [-0.2, -0.15) is 0 Å². The van der Waals surface area contributed by atoms with Gasteiger partial charge in [0.25, 0.3) is 0 Å². The molecular formula is C16H25N3O2. The summed E-state index contributed by atoms with van der Waals surface area (Å²) in [5.41, 5.74) is 6.42. The maximum absolute atomic E-state index is 12.5. The third-order valence-electron chi connectivity index (χ3n) is 3.97. The van der Waals surface area contributed by atoms with E-state index in [2.05, 4.69) is 5.32 Å². The Morgan fingerprint density at radius 2 is 2.14 bits per heavy atom. The lowest BCUT2D eigenvalue weighted by Crippen LogP contribution is -2.46. The van der Waals surface area contributed by atoms with E-state index in [1.54, 1.807) is 7.11 Å². The van der Waals surface area contributed by atoms with Gasteiger partial charge in [-0.3, -0.25) is 0 Å². The van der Waals surface area contributed by atoms with E-state index in [1.165, 1.54) is 19.3 Å². The number of methoxy groups -OCH3 is 1. The molecule has 1 aromatic carbocycles. The summed E-state index contributed by atoms with van der Waals surface area (Å²) in [5, 5.41) is 2.95. The number of carbonyl (C=O) groups excluding carboxylic acids is 1. The first-order chi connectivity index (χ1) is 10.2. The maximum atomic E-state index is 12.5. The number of nitrogens with two attached hydrogens (primary N) is 1. The molecule has 5 nitrogen and oxygen atoms in total. The Bertz CT molecular complexity index is 459. The van der Waals surface area contributed by atoms with Gasteiger partial charge >= 0.3 is 6.03 Å². The predicted octanol–water partition coefficient (Wildman–Crippen LogP) is 2.82. The molecule has 0 bridgehead atoms. The number of rotatable bonds is 5. The summed E-state index contributed by atoms with van der Waals surface area (Å²) in [6, 6.07) is 7.64. The number of anilines is 1. The van der Waals surface area contributed by atoms with Gasteiger partial charge in [0.05, 0.1) is 7.11 Å². The Labute approximate surface area is 126 Å². The van der Waals surface area contributed by atoms with Crippen LogP contribution in [0.15, 0.2) is 24.3 Å². The van der Waals surface area contributed by atoms with Gasteiger partial charge in [0, 0.05) is 30.9 Å². The number of hydrogen-bond acceptors (Lipinski definition) is 3. The fraction of sp³-hybridized carbons (Fsp3) is 0.562. The lowest BCUT2D eigenvalue weighted by molar-refractivity contribution is 0.169. The van der Waals surface area contributed by atoms with E-state index in [0.29, 0.717) is 19.1 Å².